The summed E-state index contributed by atoms with van der Waals surface area (Å²) in [5, 5.41) is 11.2. The molecule has 1 saturated heterocycles. The summed E-state index contributed by atoms with van der Waals surface area (Å²) in [5.41, 5.74) is 2.34. The Morgan fingerprint density at radius 1 is 1.06 bits per heavy atom. The van der Waals surface area contributed by atoms with Crippen LogP contribution in [-0.4, -0.2) is 28.4 Å². The average Bonchev–Trinajstić information content (AvgIpc) is 3.08. The summed E-state index contributed by atoms with van der Waals surface area (Å²) < 4.78 is 5.67. The number of benzene rings is 2. The number of aromatic nitrogens is 1. The third kappa shape index (κ3) is 3.87. The number of ketones is 1. The van der Waals surface area contributed by atoms with E-state index in [0.717, 1.165) is 12.0 Å². The monoisotopic (exact) mass is 428 g/mol. The van der Waals surface area contributed by atoms with Gasteiger partial charge in [0.05, 0.1) is 17.9 Å². The number of carbonyl (C=O) groups is 2. The average molecular weight is 428 g/mol. The molecule has 4 rings (SSSR count). The second-order valence-electron chi connectivity index (χ2n) is 7.59. The Labute approximate surface area is 186 Å². The van der Waals surface area contributed by atoms with E-state index in [1.54, 1.807) is 54.7 Å². The number of amides is 1. The van der Waals surface area contributed by atoms with Crippen molar-refractivity contribution in [2.75, 3.05) is 11.5 Å². The molecule has 1 aromatic heterocycles. The van der Waals surface area contributed by atoms with Gasteiger partial charge in [-0.15, -0.1) is 0 Å². The molecule has 1 amide bonds. The number of hydrogen-bond acceptors (Lipinski definition) is 5. The van der Waals surface area contributed by atoms with E-state index < -0.39 is 17.7 Å². The van der Waals surface area contributed by atoms with Crippen molar-refractivity contribution >= 4 is 23.1 Å². The Morgan fingerprint density at radius 2 is 1.84 bits per heavy atom. The zero-order chi connectivity index (χ0) is 22.7. The first-order chi connectivity index (χ1) is 15.5. The van der Waals surface area contributed by atoms with Gasteiger partial charge in [0.1, 0.15) is 17.6 Å². The van der Waals surface area contributed by atoms with Gasteiger partial charge in [0.15, 0.2) is 0 Å². The first kappa shape index (κ1) is 21.3. The number of aryl methyl sites for hydroxylation is 1. The number of carbonyl (C=O) groups excluding carboxylic acids is 2. The number of pyridine rings is 1. The summed E-state index contributed by atoms with van der Waals surface area (Å²) in [4.78, 5) is 32.2. The molecule has 6 heteroatoms. The van der Waals surface area contributed by atoms with Crippen LogP contribution in [0.25, 0.3) is 5.76 Å². The van der Waals surface area contributed by atoms with Gasteiger partial charge in [-0.1, -0.05) is 43.3 Å². The summed E-state index contributed by atoms with van der Waals surface area (Å²) in [7, 11) is 0. The van der Waals surface area contributed by atoms with E-state index in [1.807, 2.05) is 32.0 Å². The van der Waals surface area contributed by atoms with Crippen LogP contribution in [0, 0.1) is 6.92 Å². The highest BCUT2D eigenvalue weighted by molar-refractivity contribution is 6.51. The van der Waals surface area contributed by atoms with E-state index in [9.17, 15) is 14.7 Å². The molecule has 6 nitrogen and oxygen atoms in total. The van der Waals surface area contributed by atoms with E-state index in [-0.39, 0.29) is 11.3 Å². The van der Waals surface area contributed by atoms with Gasteiger partial charge in [-0.3, -0.25) is 19.5 Å². The smallest absolute Gasteiger partial charge is 0.300 e. The molecule has 0 aliphatic carbocycles. The van der Waals surface area contributed by atoms with Crippen LogP contribution < -0.4 is 9.64 Å². The summed E-state index contributed by atoms with van der Waals surface area (Å²) in [6, 6.07) is 18.7. The molecule has 1 atom stereocenters. The lowest BCUT2D eigenvalue weighted by atomic mass is 9.98. The Balaban J connectivity index is 1.89. The molecule has 1 N–H and O–H groups in total. The zero-order valence-electron chi connectivity index (χ0n) is 18.0. The van der Waals surface area contributed by atoms with Crippen molar-refractivity contribution in [1.82, 2.24) is 4.98 Å². The van der Waals surface area contributed by atoms with Crippen LogP contribution in [0.2, 0.25) is 0 Å². The molecule has 1 aliphatic rings. The summed E-state index contributed by atoms with van der Waals surface area (Å²) in [5.74, 6) is -1.12. The van der Waals surface area contributed by atoms with E-state index >= 15 is 0 Å². The van der Waals surface area contributed by atoms with Crippen molar-refractivity contribution in [3.05, 3.63) is 95.3 Å². The number of Topliss-reactive ketones (excluding diaryl/α,β-unsaturated/α-hetero) is 1. The lowest BCUT2D eigenvalue weighted by Gasteiger charge is -2.26. The van der Waals surface area contributed by atoms with Crippen molar-refractivity contribution in [2.24, 2.45) is 0 Å². The van der Waals surface area contributed by atoms with Crippen LogP contribution in [0.15, 0.2) is 78.5 Å². The fraction of sp³-hybridized carbons (Fsp3) is 0.192. The van der Waals surface area contributed by atoms with Crippen LogP contribution in [0.3, 0.4) is 0 Å². The molecule has 3 aromatic rings. The van der Waals surface area contributed by atoms with Crippen molar-refractivity contribution in [2.45, 2.75) is 26.3 Å². The molecule has 1 fully saturated rings. The van der Waals surface area contributed by atoms with E-state index in [4.69, 9.17) is 4.74 Å². The fourth-order valence-corrected chi connectivity index (χ4v) is 3.84. The quantitative estimate of drug-likeness (QED) is 0.346. The van der Waals surface area contributed by atoms with Gasteiger partial charge < -0.3 is 9.84 Å². The van der Waals surface area contributed by atoms with E-state index in [0.29, 0.717) is 29.3 Å². The van der Waals surface area contributed by atoms with E-state index in [2.05, 4.69) is 4.98 Å². The molecule has 1 unspecified atom stereocenters. The Kier molecular flexibility index (Phi) is 6.03. The predicted octanol–water partition coefficient (Wildman–Crippen LogP) is 4.81. The molecule has 0 radical (unpaired) electrons. The number of para-hydroxylation sites is 1. The fourth-order valence-electron chi connectivity index (χ4n) is 3.84. The van der Waals surface area contributed by atoms with Crippen LogP contribution in [0.5, 0.6) is 5.75 Å². The highest BCUT2D eigenvalue weighted by Gasteiger charge is 2.47. The number of ether oxygens (including phenoxy) is 1. The molecular formula is C26H24N2O4. The molecular weight excluding hydrogens is 404 g/mol. The van der Waals surface area contributed by atoms with Gasteiger partial charge in [-0.05, 0) is 49.2 Å². The Bertz CT molecular complexity index is 1190. The number of aliphatic hydroxyl groups is 1. The first-order valence-electron chi connectivity index (χ1n) is 10.5. The minimum Gasteiger partial charge on any atom is -0.507 e. The summed E-state index contributed by atoms with van der Waals surface area (Å²) in [6.45, 7) is 4.41. The predicted molar refractivity (Wildman–Crippen MR) is 122 cm³/mol. The lowest BCUT2D eigenvalue weighted by Crippen LogP contribution is -2.30. The molecule has 2 aromatic carbocycles. The minimum absolute atomic E-state index is 0.00425. The summed E-state index contributed by atoms with van der Waals surface area (Å²) >= 11 is 0. The lowest BCUT2D eigenvalue weighted by molar-refractivity contribution is -0.132. The minimum atomic E-state index is -0.850. The van der Waals surface area contributed by atoms with Gasteiger partial charge in [0.2, 0.25) is 0 Å². The van der Waals surface area contributed by atoms with Gasteiger partial charge in [-0.2, -0.15) is 0 Å². The van der Waals surface area contributed by atoms with E-state index in [1.165, 1.54) is 4.90 Å². The zero-order valence-corrected chi connectivity index (χ0v) is 18.0. The Morgan fingerprint density at radius 3 is 2.56 bits per heavy atom. The van der Waals surface area contributed by atoms with Gasteiger partial charge in [0.25, 0.3) is 11.7 Å². The SMILES string of the molecule is CCCOc1cccc(/C(O)=C2/C(=O)C(=O)N(c3ccccc3C)C2c2ccccn2)c1. The van der Waals surface area contributed by atoms with Gasteiger partial charge >= 0.3 is 0 Å². The standard InChI is InChI=1S/C26H24N2O4/c1-3-15-32-19-11-8-10-18(16-19)24(29)22-23(20-12-6-7-14-27-20)28(26(31)25(22)30)21-13-5-4-9-17(21)2/h4-14,16,23,29H,3,15H2,1-2H3/b24-22-. The molecule has 0 spiro atoms. The number of hydrogen-bond donors (Lipinski definition) is 1. The molecule has 162 valence electrons. The van der Waals surface area contributed by atoms with Crippen molar-refractivity contribution in [1.29, 1.82) is 0 Å². The number of nitrogens with zero attached hydrogens (tertiary/aromatic N) is 2. The largest absolute Gasteiger partial charge is 0.507 e. The van der Waals surface area contributed by atoms with Crippen molar-refractivity contribution in [3.8, 4) is 5.75 Å². The van der Waals surface area contributed by atoms with Crippen LogP contribution in [0.1, 0.15) is 36.2 Å². The number of anilines is 1. The molecule has 0 saturated carbocycles. The highest BCUT2D eigenvalue weighted by Crippen LogP contribution is 2.42. The number of aliphatic hydroxyl groups excluding tert-OH is 1. The molecule has 1 aliphatic heterocycles. The van der Waals surface area contributed by atoms with Crippen LogP contribution in [0.4, 0.5) is 5.69 Å². The summed E-state index contributed by atoms with van der Waals surface area (Å²) in [6.07, 6.45) is 2.45. The van der Waals surface area contributed by atoms with Gasteiger partial charge in [-0.25, -0.2) is 0 Å². The highest BCUT2D eigenvalue weighted by atomic mass is 16.5. The third-order valence-electron chi connectivity index (χ3n) is 5.37. The normalized spacial score (nSPS) is 17.6. The first-order valence-corrected chi connectivity index (χ1v) is 10.5. The second-order valence-corrected chi connectivity index (χ2v) is 7.59. The topological polar surface area (TPSA) is 79.7 Å². The van der Waals surface area contributed by atoms with Crippen molar-refractivity contribution < 1.29 is 19.4 Å². The third-order valence-corrected chi connectivity index (χ3v) is 5.37. The number of rotatable bonds is 6. The molecule has 2 heterocycles. The maximum Gasteiger partial charge on any atom is 0.300 e. The van der Waals surface area contributed by atoms with Crippen molar-refractivity contribution in [3.63, 3.8) is 0 Å². The van der Waals surface area contributed by atoms with Crippen LogP contribution in [-0.2, 0) is 9.59 Å². The Hall–Kier alpha value is -3.93. The van der Waals surface area contributed by atoms with Crippen LogP contribution >= 0.6 is 0 Å². The van der Waals surface area contributed by atoms with Gasteiger partial charge in [0, 0.05) is 17.4 Å². The molecule has 0 bridgehead atoms. The maximum atomic E-state index is 13.2. The maximum absolute atomic E-state index is 13.2. The molecule has 32 heavy (non-hydrogen) atoms. The second kappa shape index (κ2) is 9.06.